The lowest BCUT2D eigenvalue weighted by molar-refractivity contribution is -0.116. The molecule has 2 N–H and O–H groups in total. The standard InChI is InChI=1S/C15H22N2O3/c1-4-5-6-7-15(19)17-13-10-12(16-11(2)18)8-9-14(13)20-3/h8-10H,4-7H2,1-3H3,(H,16,18)(H,17,19). The molecule has 1 rings (SSSR count). The Kier molecular flexibility index (Phi) is 6.56. The summed E-state index contributed by atoms with van der Waals surface area (Å²) in [5, 5.41) is 5.50. The maximum Gasteiger partial charge on any atom is 0.224 e. The number of carbonyl (C=O) groups is 2. The molecule has 0 radical (unpaired) electrons. The zero-order chi connectivity index (χ0) is 15.0. The Morgan fingerprint density at radius 2 is 1.95 bits per heavy atom. The van der Waals surface area contributed by atoms with Gasteiger partial charge in [0.15, 0.2) is 0 Å². The summed E-state index contributed by atoms with van der Waals surface area (Å²) < 4.78 is 5.20. The maximum absolute atomic E-state index is 11.8. The van der Waals surface area contributed by atoms with Crippen molar-refractivity contribution in [3.05, 3.63) is 18.2 Å². The minimum atomic E-state index is -0.157. The van der Waals surface area contributed by atoms with Crippen LogP contribution in [0.1, 0.15) is 39.5 Å². The maximum atomic E-state index is 11.8. The first-order valence-corrected chi connectivity index (χ1v) is 6.82. The number of carbonyl (C=O) groups excluding carboxylic acids is 2. The van der Waals surface area contributed by atoms with Gasteiger partial charge in [0.1, 0.15) is 5.75 Å². The van der Waals surface area contributed by atoms with Gasteiger partial charge in [-0.15, -0.1) is 0 Å². The van der Waals surface area contributed by atoms with E-state index >= 15 is 0 Å². The van der Waals surface area contributed by atoms with Gasteiger partial charge >= 0.3 is 0 Å². The lowest BCUT2D eigenvalue weighted by Gasteiger charge is -2.12. The van der Waals surface area contributed by atoms with Crippen LogP contribution in [0.3, 0.4) is 0 Å². The third kappa shape index (κ3) is 5.30. The average Bonchev–Trinajstić information content (AvgIpc) is 2.38. The van der Waals surface area contributed by atoms with Gasteiger partial charge < -0.3 is 15.4 Å². The molecule has 1 aromatic rings. The summed E-state index contributed by atoms with van der Waals surface area (Å²) in [6, 6.07) is 5.14. The molecule has 0 aromatic heterocycles. The first-order chi connectivity index (χ1) is 9.56. The Morgan fingerprint density at radius 3 is 2.55 bits per heavy atom. The molecule has 0 saturated heterocycles. The van der Waals surface area contributed by atoms with E-state index < -0.39 is 0 Å². The quantitative estimate of drug-likeness (QED) is 0.753. The lowest BCUT2D eigenvalue weighted by Crippen LogP contribution is -2.13. The molecule has 5 nitrogen and oxygen atoms in total. The van der Waals surface area contributed by atoms with Crippen LogP contribution in [0.25, 0.3) is 0 Å². The summed E-state index contributed by atoms with van der Waals surface area (Å²) in [6.07, 6.45) is 3.47. The van der Waals surface area contributed by atoms with Crippen LogP contribution < -0.4 is 15.4 Å². The number of hydrogen-bond acceptors (Lipinski definition) is 3. The number of unbranched alkanes of at least 4 members (excludes halogenated alkanes) is 2. The van der Waals surface area contributed by atoms with E-state index in [2.05, 4.69) is 17.6 Å². The highest BCUT2D eigenvalue weighted by Crippen LogP contribution is 2.28. The first-order valence-electron chi connectivity index (χ1n) is 6.82. The molecule has 0 spiro atoms. The molecule has 0 aliphatic carbocycles. The van der Waals surface area contributed by atoms with E-state index in [0.717, 1.165) is 19.3 Å². The Bertz CT molecular complexity index is 472. The molecular formula is C15H22N2O3. The van der Waals surface area contributed by atoms with Gasteiger partial charge in [0.05, 0.1) is 12.8 Å². The van der Waals surface area contributed by atoms with Crippen molar-refractivity contribution < 1.29 is 14.3 Å². The van der Waals surface area contributed by atoms with Crippen molar-refractivity contribution in [3.8, 4) is 5.75 Å². The van der Waals surface area contributed by atoms with E-state index in [0.29, 0.717) is 23.5 Å². The molecule has 0 fully saturated rings. The second-order valence-electron chi connectivity index (χ2n) is 4.60. The average molecular weight is 278 g/mol. The Hall–Kier alpha value is -2.04. The van der Waals surface area contributed by atoms with E-state index in [-0.39, 0.29) is 11.8 Å². The molecular weight excluding hydrogens is 256 g/mol. The molecule has 0 saturated carbocycles. The van der Waals surface area contributed by atoms with Crippen LogP contribution in [0.2, 0.25) is 0 Å². The molecule has 20 heavy (non-hydrogen) atoms. The largest absolute Gasteiger partial charge is 0.495 e. The number of rotatable bonds is 7. The van der Waals surface area contributed by atoms with Gasteiger partial charge in [-0.3, -0.25) is 9.59 Å². The van der Waals surface area contributed by atoms with Crippen LogP contribution in [0.4, 0.5) is 11.4 Å². The predicted octanol–water partition coefficient (Wildman–Crippen LogP) is 3.17. The zero-order valence-corrected chi connectivity index (χ0v) is 12.3. The molecule has 2 amide bonds. The number of nitrogens with one attached hydrogen (secondary N) is 2. The topological polar surface area (TPSA) is 67.4 Å². The van der Waals surface area contributed by atoms with Crippen LogP contribution in [0.15, 0.2) is 18.2 Å². The summed E-state index contributed by atoms with van der Waals surface area (Å²) in [5.41, 5.74) is 1.20. The van der Waals surface area contributed by atoms with Gasteiger partial charge in [0, 0.05) is 19.0 Å². The molecule has 1 aromatic carbocycles. The highest BCUT2D eigenvalue weighted by atomic mass is 16.5. The highest BCUT2D eigenvalue weighted by molar-refractivity contribution is 5.94. The molecule has 0 unspecified atom stereocenters. The van der Waals surface area contributed by atoms with Crippen LogP contribution in [-0.4, -0.2) is 18.9 Å². The van der Waals surface area contributed by atoms with Gasteiger partial charge in [-0.25, -0.2) is 0 Å². The fourth-order valence-electron chi connectivity index (χ4n) is 1.83. The van der Waals surface area contributed by atoms with Crippen molar-refractivity contribution in [1.29, 1.82) is 0 Å². The SMILES string of the molecule is CCCCCC(=O)Nc1cc(NC(C)=O)ccc1OC. The second-order valence-corrected chi connectivity index (χ2v) is 4.60. The monoisotopic (exact) mass is 278 g/mol. The fraction of sp³-hybridized carbons (Fsp3) is 0.467. The van der Waals surface area contributed by atoms with Crippen molar-refractivity contribution in [2.24, 2.45) is 0 Å². The third-order valence-electron chi connectivity index (χ3n) is 2.80. The molecule has 0 aliphatic rings. The Morgan fingerprint density at radius 1 is 1.20 bits per heavy atom. The summed E-state index contributed by atoms with van der Waals surface area (Å²) >= 11 is 0. The molecule has 0 heterocycles. The van der Waals surface area contributed by atoms with Gasteiger partial charge in [-0.05, 0) is 24.6 Å². The van der Waals surface area contributed by atoms with E-state index in [4.69, 9.17) is 4.74 Å². The number of hydrogen-bond donors (Lipinski definition) is 2. The number of ether oxygens (including phenoxy) is 1. The third-order valence-corrected chi connectivity index (χ3v) is 2.80. The molecule has 110 valence electrons. The number of anilines is 2. The van der Waals surface area contributed by atoms with Crippen molar-refractivity contribution in [2.45, 2.75) is 39.5 Å². The van der Waals surface area contributed by atoms with E-state index in [1.165, 1.54) is 6.92 Å². The van der Waals surface area contributed by atoms with Gasteiger partial charge in [-0.2, -0.15) is 0 Å². The summed E-state index contributed by atoms with van der Waals surface area (Å²) in [5.74, 6) is 0.370. The minimum absolute atomic E-state index is 0.0447. The molecule has 0 aliphatic heterocycles. The van der Waals surface area contributed by atoms with Crippen LogP contribution in [0, 0.1) is 0 Å². The number of methoxy groups -OCH3 is 1. The molecule has 5 heteroatoms. The minimum Gasteiger partial charge on any atom is -0.495 e. The Balaban J connectivity index is 2.74. The van der Waals surface area contributed by atoms with Crippen molar-refractivity contribution in [1.82, 2.24) is 0 Å². The summed E-state index contributed by atoms with van der Waals surface area (Å²) in [6.45, 7) is 3.53. The van der Waals surface area contributed by atoms with Gasteiger partial charge in [0.25, 0.3) is 0 Å². The number of amides is 2. The lowest BCUT2D eigenvalue weighted by atomic mass is 10.2. The zero-order valence-electron chi connectivity index (χ0n) is 12.3. The van der Waals surface area contributed by atoms with Gasteiger partial charge in [-0.1, -0.05) is 19.8 Å². The second kappa shape index (κ2) is 8.19. The van der Waals surface area contributed by atoms with Gasteiger partial charge in [0.2, 0.25) is 11.8 Å². The highest BCUT2D eigenvalue weighted by Gasteiger charge is 2.09. The van der Waals surface area contributed by atoms with Crippen LogP contribution in [0.5, 0.6) is 5.75 Å². The van der Waals surface area contributed by atoms with Crippen molar-refractivity contribution in [3.63, 3.8) is 0 Å². The van der Waals surface area contributed by atoms with Crippen LogP contribution in [-0.2, 0) is 9.59 Å². The van der Waals surface area contributed by atoms with E-state index in [9.17, 15) is 9.59 Å². The Labute approximate surface area is 119 Å². The normalized spacial score (nSPS) is 9.95. The number of benzene rings is 1. The smallest absolute Gasteiger partial charge is 0.224 e. The van der Waals surface area contributed by atoms with Crippen LogP contribution >= 0.6 is 0 Å². The van der Waals surface area contributed by atoms with E-state index in [1.54, 1.807) is 25.3 Å². The predicted molar refractivity (Wildman–Crippen MR) is 80.1 cm³/mol. The first kappa shape index (κ1) is 16.0. The summed E-state index contributed by atoms with van der Waals surface area (Å²) in [4.78, 5) is 22.9. The fourth-order valence-corrected chi connectivity index (χ4v) is 1.83. The van der Waals surface area contributed by atoms with E-state index in [1.807, 2.05) is 0 Å². The summed E-state index contributed by atoms with van der Waals surface area (Å²) in [7, 11) is 1.54. The van der Waals surface area contributed by atoms with Crippen molar-refractivity contribution >= 4 is 23.2 Å². The van der Waals surface area contributed by atoms with Crippen molar-refractivity contribution in [2.75, 3.05) is 17.7 Å². The molecule has 0 bridgehead atoms. The molecule has 0 atom stereocenters.